The summed E-state index contributed by atoms with van der Waals surface area (Å²) in [5, 5.41) is 13.6. The van der Waals surface area contributed by atoms with Crippen molar-refractivity contribution in [2.75, 3.05) is 6.61 Å². The molecule has 1 aliphatic heterocycles. The highest BCUT2D eigenvalue weighted by atomic mass is 35.5. The number of fused-ring (bicyclic) bond motifs is 1. The maximum atomic E-state index is 15.1. The first-order valence-corrected chi connectivity index (χ1v) is 12.3. The van der Waals surface area contributed by atoms with Gasteiger partial charge in [-0.1, -0.05) is 11.6 Å². The third kappa shape index (κ3) is 3.96. The molecule has 36 heavy (non-hydrogen) atoms. The minimum atomic E-state index is -0.611. The predicted octanol–water partition coefficient (Wildman–Crippen LogP) is 4.90. The smallest absolute Gasteiger partial charge is 0.277 e. The lowest BCUT2D eigenvalue weighted by atomic mass is 9.90. The van der Waals surface area contributed by atoms with Gasteiger partial charge in [0.25, 0.3) is 5.56 Å². The summed E-state index contributed by atoms with van der Waals surface area (Å²) in [6.45, 7) is 2.15. The molecule has 10 heteroatoms. The summed E-state index contributed by atoms with van der Waals surface area (Å²) >= 11 is 6.24. The van der Waals surface area contributed by atoms with E-state index < -0.39 is 11.4 Å². The van der Waals surface area contributed by atoms with E-state index in [1.165, 1.54) is 16.5 Å². The van der Waals surface area contributed by atoms with E-state index in [1.54, 1.807) is 13.1 Å². The number of ether oxygens (including phenoxy) is 1. The first-order valence-electron chi connectivity index (χ1n) is 11.9. The Labute approximate surface area is 210 Å². The van der Waals surface area contributed by atoms with Gasteiger partial charge in [0.15, 0.2) is 5.65 Å². The van der Waals surface area contributed by atoms with Crippen molar-refractivity contribution in [1.29, 1.82) is 5.26 Å². The van der Waals surface area contributed by atoms with Crippen LogP contribution in [0.15, 0.2) is 41.6 Å². The first kappa shape index (κ1) is 22.8. The zero-order valence-corrected chi connectivity index (χ0v) is 20.2. The molecule has 2 atom stereocenters. The van der Waals surface area contributed by atoms with E-state index in [9.17, 15) is 4.79 Å². The minimum absolute atomic E-state index is 0.00763. The highest BCUT2D eigenvalue weighted by Gasteiger charge is 2.30. The minimum Gasteiger partial charge on any atom is -0.373 e. The monoisotopic (exact) mass is 504 g/mol. The van der Waals surface area contributed by atoms with Gasteiger partial charge in [0.05, 0.1) is 41.4 Å². The Bertz CT molecular complexity index is 1600. The van der Waals surface area contributed by atoms with Crippen LogP contribution in [0, 0.1) is 24.1 Å². The zero-order chi connectivity index (χ0) is 25.0. The van der Waals surface area contributed by atoms with Gasteiger partial charge >= 0.3 is 0 Å². The Morgan fingerprint density at radius 3 is 2.81 bits per heavy atom. The molecule has 1 aromatic carbocycles. The summed E-state index contributed by atoms with van der Waals surface area (Å²) < 4.78 is 24.5. The topological polar surface area (TPSA) is 98.1 Å². The van der Waals surface area contributed by atoms with Gasteiger partial charge in [0.2, 0.25) is 0 Å². The first-order chi connectivity index (χ1) is 17.4. The second-order valence-corrected chi connectivity index (χ2v) is 9.77. The maximum absolute atomic E-state index is 15.1. The maximum Gasteiger partial charge on any atom is 0.277 e. The molecule has 182 valence electrons. The van der Waals surface area contributed by atoms with Crippen LogP contribution in [0.2, 0.25) is 5.02 Å². The Hall–Kier alpha value is -3.61. The van der Waals surface area contributed by atoms with Crippen molar-refractivity contribution in [1.82, 2.24) is 24.1 Å². The summed E-state index contributed by atoms with van der Waals surface area (Å²) in [6.07, 6.45) is 9.04. The van der Waals surface area contributed by atoms with Crippen LogP contribution in [0.1, 0.15) is 66.3 Å². The van der Waals surface area contributed by atoms with Crippen molar-refractivity contribution in [3.8, 4) is 17.3 Å². The Kier molecular flexibility index (Phi) is 5.58. The molecule has 0 spiro atoms. The number of hydrogen-bond donors (Lipinski definition) is 0. The molecule has 1 saturated heterocycles. The van der Waals surface area contributed by atoms with E-state index in [0.717, 1.165) is 24.5 Å². The Morgan fingerprint density at radius 2 is 2.06 bits per heavy atom. The predicted molar refractivity (Wildman–Crippen MR) is 130 cm³/mol. The third-order valence-electron chi connectivity index (χ3n) is 6.91. The van der Waals surface area contributed by atoms with E-state index in [2.05, 4.69) is 10.1 Å². The van der Waals surface area contributed by atoms with Crippen LogP contribution in [-0.2, 0) is 4.74 Å². The molecule has 0 unspecified atom stereocenters. The normalized spacial score (nSPS) is 19.9. The fourth-order valence-electron chi connectivity index (χ4n) is 4.76. The van der Waals surface area contributed by atoms with E-state index >= 15 is 4.39 Å². The van der Waals surface area contributed by atoms with Crippen molar-refractivity contribution < 1.29 is 9.13 Å². The van der Waals surface area contributed by atoms with Crippen molar-refractivity contribution in [3.63, 3.8) is 0 Å². The summed E-state index contributed by atoms with van der Waals surface area (Å²) in [6, 6.07) is 6.59. The molecule has 1 saturated carbocycles. The molecule has 3 aromatic heterocycles. The van der Waals surface area contributed by atoms with E-state index in [1.807, 2.05) is 23.1 Å². The molecular weight excluding hydrogens is 483 g/mol. The summed E-state index contributed by atoms with van der Waals surface area (Å²) in [7, 11) is 0. The largest absolute Gasteiger partial charge is 0.373 e. The fraction of sp³-hybridized carbons (Fsp3) is 0.346. The van der Waals surface area contributed by atoms with Crippen LogP contribution in [0.4, 0.5) is 4.39 Å². The van der Waals surface area contributed by atoms with Crippen LogP contribution >= 0.6 is 11.6 Å². The number of nitriles is 1. The second kappa shape index (κ2) is 8.80. The van der Waals surface area contributed by atoms with Gasteiger partial charge in [0.1, 0.15) is 16.5 Å². The van der Waals surface area contributed by atoms with Crippen molar-refractivity contribution in [2.45, 2.75) is 50.7 Å². The third-order valence-corrected chi connectivity index (χ3v) is 7.35. The molecule has 0 bridgehead atoms. The van der Waals surface area contributed by atoms with E-state index in [4.69, 9.17) is 26.6 Å². The van der Waals surface area contributed by atoms with Gasteiger partial charge in [-0.2, -0.15) is 10.4 Å². The molecule has 2 aliphatic rings. The van der Waals surface area contributed by atoms with Gasteiger partial charge in [-0.15, -0.1) is 0 Å². The molecule has 2 fully saturated rings. The molecule has 0 N–H and O–H groups in total. The van der Waals surface area contributed by atoms with Crippen molar-refractivity contribution >= 4 is 17.2 Å². The number of hydrogen-bond acceptors (Lipinski definition) is 6. The fourth-order valence-corrected chi connectivity index (χ4v) is 4.89. The van der Waals surface area contributed by atoms with Crippen LogP contribution in [0.25, 0.3) is 16.9 Å². The van der Waals surface area contributed by atoms with Gasteiger partial charge in [-0.3, -0.25) is 13.9 Å². The Balaban J connectivity index is 1.45. The van der Waals surface area contributed by atoms with E-state index in [0.29, 0.717) is 36.9 Å². The quantitative estimate of drug-likeness (QED) is 0.392. The number of aryl methyl sites for hydroxylation is 1. The van der Waals surface area contributed by atoms with E-state index in [-0.39, 0.29) is 39.5 Å². The average Bonchev–Trinajstić information content (AvgIpc) is 3.63. The van der Waals surface area contributed by atoms with Gasteiger partial charge in [-0.25, -0.2) is 14.4 Å². The molecule has 4 aromatic rings. The second-order valence-electron chi connectivity index (χ2n) is 9.40. The lowest BCUT2D eigenvalue weighted by molar-refractivity contribution is 0.00454. The van der Waals surface area contributed by atoms with Crippen LogP contribution in [-0.4, -0.2) is 30.8 Å². The standard InChI is InChI=1S/C26H22ClFN6O2/c1-14-23(27)26(35)33-13-21(32-24(25(33)31-14)19-5-2-15(10-29)8-20(19)28)16-6-7-36-22(9-16)17-11-30-34(12-17)18-3-4-18/h2,5,8,11-13,16,18,22H,3-4,6-7,9H2,1H3/t16-,22+/m1/s1. The number of nitrogens with zero attached hydrogens (tertiary/aromatic N) is 6. The molecule has 6 rings (SSSR count). The molecule has 4 heterocycles. The highest BCUT2D eigenvalue weighted by molar-refractivity contribution is 6.31. The van der Waals surface area contributed by atoms with Crippen molar-refractivity contribution in [2.24, 2.45) is 0 Å². The average molecular weight is 505 g/mol. The van der Waals surface area contributed by atoms with Gasteiger partial charge in [0, 0.05) is 36.0 Å². The van der Waals surface area contributed by atoms with Crippen LogP contribution in [0.3, 0.4) is 0 Å². The summed E-state index contributed by atoms with van der Waals surface area (Å²) in [5.41, 5.74) is 2.35. The molecule has 0 amide bonds. The van der Waals surface area contributed by atoms with Gasteiger partial charge in [-0.05, 0) is 50.8 Å². The summed E-state index contributed by atoms with van der Waals surface area (Å²) in [4.78, 5) is 22.4. The van der Waals surface area contributed by atoms with Crippen LogP contribution in [0.5, 0.6) is 0 Å². The van der Waals surface area contributed by atoms with Crippen molar-refractivity contribution in [3.05, 3.63) is 80.5 Å². The zero-order valence-electron chi connectivity index (χ0n) is 19.5. The highest BCUT2D eigenvalue weighted by Crippen LogP contribution is 2.40. The Morgan fingerprint density at radius 1 is 1.22 bits per heavy atom. The molecular formula is C26H22ClFN6O2. The molecule has 1 aliphatic carbocycles. The lowest BCUT2D eigenvalue weighted by Crippen LogP contribution is -2.23. The number of halogens is 2. The molecule has 0 radical (unpaired) electrons. The number of benzene rings is 1. The number of aromatic nitrogens is 5. The molecule has 8 nitrogen and oxygen atoms in total. The van der Waals surface area contributed by atoms with Gasteiger partial charge < -0.3 is 4.74 Å². The van der Waals surface area contributed by atoms with Crippen LogP contribution < -0.4 is 5.56 Å². The lowest BCUT2D eigenvalue weighted by Gasteiger charge is -2.29. The number of rotatable bonds is 4. The summed E-state index contributed by atoms with van der Waals surface area (Å²) in [5.74, 6) is -0.649. The SMILES string of the molecule is Cc1nc2c(-c3ccc(C#N)cc3F)nc([C@@H]3CCO[C@H](c4cnn(C5CC5)c4)C3)cn2c(=O)c1Cl.